The summed E-state index contributed by atoms with van der Waals surface area (Å²) < 4.78 is 20.4. The van der Waals surface area contributed by atoms with Gasteiger partial charge in [-0.3, -0.25) is 0 Å². The Morgan fingerprint density at radius 2 is 2.03 bits per heavy atom. The van der Waals surface area contributed by atoms with E-state index in [0.717, 1.165) is 12.8 Å². The molecular weight excluding hydrogens is 423 g/mol. The van der Waals surface area contributed by atoms with Crippen LogP contribution in [0.3, 0.4) is 0 Å². The van der Waals surface area contributed by atoms with Crippen LogP contribution in [0.15, 0.2) is 61.2 Å². The van der Waals surface area contributed by atoms with Crippen molar-refractivity contribution in [3.63, 3.8) is 0 Å². The van der Waals surface area contributed by atoms with Gasteiger partial charge < -0.3 is 18.8 Å². The van der Waals surface area contributed by atoms with Gasteiger partial charge in [-0.25, -0.2) is 4.98 Å². The van der Waals surface area contributed by atoms with Gasteiger partial charge in [-0.2, -0.15) is 0 Å². The number of nitrogens with zero attached hydrogens (tertiary/aromatic N) is 2. The van der Waals surface area contributed by atoms with E-state index in [4.69, 9.17) is 37.4 Å². The van der Waals surface area contributed by atoms with Crippen LogP contribution >= 0.6 is 23.2 Å². The predicted molar refractivity (Wildman–Crippen MR) is 117 cm³/mol. The largest absolute Gasteiger partial charge is 0.489 e. The first kappa shape index (κ1) is 21.2. The normalized spacial score (nSPS) is 21.1. The quantitative estimate of drug-likeness (QED) is 0.469. The lowest BCUT2D eigenvalue weighted by Gasteiger charge is -2.28. The summed E-state index contributed by atoms with van der Waals surface area (Å²) in [5.41, 5.74) is 2.50. The molecule has 2 heterocycles. The Balaban J connectivity index is 1.41. The Hall–Kier alpha value is -2.05. The Kier molecular flexibility index (Phi) is 6.64. The molecule has 5 nitrogen and oxygen atoms in total. The number of aryl methyl sites for hydroxylation is 2. The lowest BCUT2D eigenvalue weighted by Crippen LogP contribution is -2.37. The van der Waals surface area contributed by atoms with E-state index >= 15 is 0 Å². The van der Waals surface area contributed by atoms with Crippen molar-refractivity contribution >= 4 is 23.2 Å². The zero-order valence-electron chi connectivity index (χ0n) is 16.8. The molecule has 1 fully saturated rings. The molecule has 30 heavy (non-hydrogen) atoms. The highest BCUT2D eigenvalue weighted by atomic mass is 35.5. The summed E-state index contributed by atoms with van der Waals surface area (Å²) in [6.45, 7) is 3.45. The van der Waals surface area contributed by atoms with Crippen molar-refractivity contribution in [2.45, 2.75) is 38.2 Å². The van der Waals surface area contributed by atoms with Crippen molar-refractivity contribution in [2.24, 2.45) is 0 Å². The van der Waals surface area contributed by atoms with E-state index < -0.39 is 5.79 Å². The van der Waals surface area contributed by atoms with Crippen molar-refractivity contribution in [2.75, 3.05) is 13.2 Å². The Labute approximate surface area is 186 Å². The number of halogens is 2. The molecule has 1 aliphatic rings. The maximum absolute atomic E-state index is 6.39. The maximum Gasteiger partial charge on any atom is 0.187 e. The maximum atomic E-state index is 6.39. The van der Waals surface area contributed by atoms with E-state index in [9.17, 15) is 0 Å². The van der Waals surface area contributed by atoms with E-state index in [1.165, 1.54) is 11.1 Å². The molecule has 0 aliphatic carbocycles. The third-order valence-corrected chi connectivity index (χ3v) is 5.66. The van der Waals surface area contributed by atoms with Gasteiger partial charge in [-0.1, -0.05) is 53.0 Å². The lowest BCUT2D eigenvalue weighted by molar-refractivity contribution is -0.184. The second-order valence-corrected chi connectivity index (χ2v) is 8.41. The first-order valence-corrected chi connectivity index (χ1v) is 10.7. The van der Waals surface area contributed by atoms with Gasteiger partial charge in [0.25, 0.3) is 0 Å². The lowest BCUT2D eigenvalue weighted by atomic mass is 10.0. The number of ether oxygens (including phenoxy) is 3. The molecule has 0 bridgehead atoms. The zero-order valence-corrected chi connectivity index (χ0v) is 18.3. The molecule has 158 valence electrons. The molecule has 1 saturated heterocycles. The van der Waals surface area contributed by atoms with Gasteiger partial charge in [0.2, 0.25) is 0 Å². The van der Waals surface area contributed by atoms with Gasteiger partial charge in [-0.05, 0) is 37.1 Å². The van der Waals surface area contributed by atoms with Gasteiger partial charge in [0.1, 0.15) is 18.5 Å². The fourth-order valence-corrected chi connectivity index (χ4v) is 3.98. The van der Waals surface area contributed by atoms with E-state index in [2.05, 4.69) is 36.2 Å². The summed E-state index contributed by atoms with van der Waals surface area (Å²) in [5.74, 6) is -0.153. The molecule has 0 amide bonds. The molecule has 0 saturated carbocycles. The minimum Gasteiger partial charge on any atom is -0.489 e. The summed E-state index contributed by atoms with van der Waals surface area (Å²) in [4.78, 5) is 4.14. The molecule has 2 aromatic carbocycles. The predicted octanol–water partition coefficient (Wildman–Crippen LogP) is 5.32. The van der Waals surface area contributed by atoms with Crippen LogP contribution < -0.4 is 4.74 Å². The Morgan fingerprint density at radius 1 is 1.20 bits per heavy atom. The van der Waals surface area contributed by atoms with Crippen LogP contribution in [-0.4, -0.2) is 34.7 Å². The van der Waals surface area contributed by atoms with E-state index in [1.807, 2.05) is 10.8 Å². The van der Waals surface area contributed by atoms with E-state index in [0.29, 0.717) is 35.6 Å². The van der Waals surface area contributed by atoms with Gasteiger partial charge in [0.15, 0.2) is 5.79 Å². The zero-order chi connectivity index (χ0) is 21.0. The van der Waals surface area contributed by atoms with Crippen molar-refractivity contribution in [3.05, 3.63) is 82.4 Å². The molecule has 0 N–H and O–H groups in total. The van der Waals surface area contributed by atoms with Gasteiger partial charge in [0, 0.05) is 23.8 Å². The first-order chi connectivity index (χ1) is 14.5. The molecule has 3 aromatic rings. The fourth-order valence-electron chi connectivity index (χ4n) is 3.51. The topological polar surface area (TPSA) is 45.5 Å². The molecule has 2 unspecified atom stereocenters. The number of imidazole rings is 1. The number of aromatic nitrogens is 2. The Bertz CT molecular complexity index is 963. The minimum atomic E-state index is -0.733. The fraction of sp³-hybridized carbons (Fsp3) is 0.348. The molecule has 0 radical (unpaired) electrons. The summed E-state index contributed by atoms with van der Waals surface area (Å²) in [6.07, 6.45) is 6.83. The monoisotopic (exact) mass is 446 g/mol. The SMILES string of the molecule is Cc1ccc(CCC2(Cn3ccnc3)OCC(COc3ccc(Cl)cc3Cl)O2)cc1. The highest BCUT2D eigenvalue weighted by Crippen LogP contribution is 2.32. The van der Waals surface area contributed by atoms with E-state index in [-0.39, 0.29) is 6.10 Å². The average molecular weight is 447 g/mol. The van der Waals surface area contributed by atoms with Crippen molar-refractivity contribution in [3.8, 4) is 5.75 Å². The standard InChI is InChI=1S/C23H24Cl2N2O3/c1-17-2-4-18(5-3-17)8-9-23(15-27-11-10-26-16-27)29-14-20(30-23)13-28-22-7-6-19(24)12-21(22)25/h2-7,10-12,16,20H,8-9,13-15H2,1H3. The van der Waals surface area contributed by atoms with Crippen LogP contribution in [0.1, 0.15) is 17.5 Å². The second kappa shape index (κ2) is 9.40. The molecule has 1 aromatic heterocycles. The van der Waals surface area contributed by atoms with Crippen LogP contribution in [0.5, 0.6) is 5.75 Å². The van der Waals surface area contributed by atoms with Crippen molar-refractivity contribution in [1.29, 1.82) is 0 Å². The molecule has 0 spiro atoms. The number of benzene rings is 2. The molecule has 2 atom stereocenters. The van der Waals surface area contributed by atoms with Crippen LogP contribution in [0, 0.1) is 6.92 Å². The first-order valence-electron chi connectivity index (χ1n) is 9.92. The third-order valence-electron chi connectivity index (χ3n) is 5.13. The molecule has 4 rings (SSSR count). The summed E-state index contributed by atoms with van der Waals surface area (Å²) in [6, 6.07) is 13.7. The van der Waals surface area contributed by atoms with Crippen molar-refractivity contribution < 1.29 is 14.2 Å². The Morgan fingerprint density at radius 3 is 2.77 bits per heavy atom. The van der Waals surface area contributed by atoms with Gasteiger partial charge in [-0.15, -0.1) is 0 Å². The minimum absolute atomic E-state index is 0.196. The van der Waals surface area contributed by atoms with Crippen LogP contribution in [0.2, 0.25) is 10.0 Å². The molecule has 7 heteroatoms. The van der Waals surface area contributed by atoms with Crippen molar-refractivity contribution in [1.82, 2.24) is 9.55 Å². The number of rotatable bonds is 8. The van der Waals surface area contributed by atoms with Crippen LogP contribution in [0.4, 0.5) is 0 Å². The van der Waals surface area contributed by atoms with Crippen LogP contribution in [0.25, 0.3) is 0 Å². The summed E-state index contributed by atoms with van der Waals surface area (Å²) in [7, 11) is 0. The smallest absolute Gasteiger partial charge is 0.187 e. The van der Waals surface area contributed by atoms with Gasteiger partial charge >= 0.3 is 0 Å². The highest BCUT2D eigenvalue weighted by molar-refractivity contribution is 6.35. The molecule has 1 aliphatic heterocycles. The van der Waals surface area contributed by atoms with Gasteiger partial charge in [0.05, 0.1) is 24.5 Å². The molecular formula is C23H24Cl2N2O3. The number of hydrogen-bond acceptors (Lipinski definition) is 4. The van der Waals surface area contributed by atoms with Crippen LogP contribution in [-0.2, 0) is 22.4 Å². The number of hydrogen-bond donors (Lipinski definition) is 0. The summed E-state index contributed by atoms with van der Waals surface area (Å²) in [5, 5.41) is 1.05. The summed E-state index contributed by atoms with van der Waals surface area (Å²) >= 11 is 12.2. The van der Waals surface area contributed by atoms with E-state index in [1.54, 1.807) is 30.7 Å². The third kappa shape index (κ3) is 5.35. The average Bonchev–Trinajstić information content (AvgIpc) is 3.38. The highest BCUT2D eigenvalue weighted by Gasteiger charge is 2.42. The second-order valence-electron chi connectivity index (χ2n) is 7.57.